The summed E-state index contributed by atoms with van der Waals surface area (Å²) in [6.07, 6.45) is 1.88. The van der Waals surface area contributed by atoms with Crippen molar-refractivity contribution in [1.29, 1.82) is 0 Å². The maximum absolute atomic E-state index is 11.4. The largest absolute Gasteiger partial charge is 0.396 e. The van der Waals surface area contributed by atoms with E-state index in [1.807, 2.05) is 13.0 Å². The van der Waals surface area contributed by atoms with Crippen LogP contribution in [0.25, 0.3) is 0 Å². The van der Waals surface area contributed by atoms with Gasteiger partial charge in [-0.3, -0.25) is 4.98 Å². The predicted molar refractivity (Wildman–Crippen MR) is 61.3 cm³/mol. The van der Waals surface area contributed by atoms with Crippen LogP contribution in [0.3, 0.4) is 0 Å². The van der Waals surface area contributed by atoms with Crippen LogP contribution in [0.5, 0.6) is 0 Å². The number of nitrogens with zero attached hydrogens (tertiary/aromatic N) is 1. The molecular weight excluding hydrogens is 228 g/mol. The first-order valence-corrected chi connectivity index (χ1v) is 6.69. The van der Waals surface area contributed by atoms with Crippen molar-refractivity contribution in [3.8, 4) is 0 Å². The zero-order valence-corrected chi connectivity index (χ0v) is 10.00. The lowest BCUT2D eigenvalue weighted by Crippen LogP contribution is -2.27. The third kappa shape index (κ3) is 4.26. The number of aliphatic hydroxyl groups excluding tert-OH is 1. The molecule has 6 heteroatoms. The summed E-state index contributed by atoms with van der Waals surface area (Å²) >= 11 is 0. The van der Waals surface area contributed by atoms with Crippen LogP contribution in [-0.4, -0.2) is 30.9 Å². The maximum Gasteiger partial charge on any atom is 0.212 e. The van der Waals surface area contributed by atoms with Crippen LogP contribution >= 0.6 is 0 Å². The molecule has 1 heterocycles. The fraction of sp³-hybridized carbons (Fsp3) is 0.500. The summed E-state index contributed by atoms with van der Waals surface area (Å²) in [5, 5.41) is 8.55. The molecule has 1 aromatic heterocycles. The second-order valence-corrected chi connectivity index (χ2v) is 5.41. The second-order valence-electron chi connectivity index (χ2n) is 3.48. The summed E-state index contributed by atoms with van der Waals surface area (Å²) in [4.78, 5) is 4.09. The Bertz CT molecular complexity index is 431. The highest BCUT2D eigenvalue weighted by molar-refractivity contribution is 7.89. The van der Waals surface area contributed by atoms with Crippen LogP contribution in [0, 0.1) is 6.92 Å². The number of aliphatic hydroxyl groups is 1. The highest BCUT2D eigenvalue weighted by Crippen LogP contribution is 2.03. The van der Waals surface area contributed by atoms with Gasteiger partial charge >= 0.3 is 0 Å². The highest BCUT2D eigenvalue weighted by atomic mass is 32.2. The van der Waals surface area contributed by atoms with E-state index < -0.39 is 10.0 Å². The molecule has 0 aliphatic heterocycles. The van der Waals surface area contributed by atoms with E-state index in [0.717, 1.165) is 11.3 Å². The van der Waals surface area contributed by atoms with Crippen LogP contribution in [0.15, 0.2) is 18.3 Å². The molecule has 0 bridgehead atoms. The van der Waals surface area contributed by atoms with E-state index >= 15 is 0 Å². The smallest absolute Gasteiger partial charge is 0.212 e. The number of aromatic nitrogens is 1. The van der Waals surface area contributed by atoms with Crippen molar-refractivity contribution in [3.63, 3.8) is 0 Å². The number of sulfonamides is 1. The average Bonchev–Trinajstić information content (AvgIpc) is 2.26. The third-order valence-electron chi connectivity index (χ3n) is 2.15. The molecule has 2 N–H and O–H groups in total. The SMILES string of the molecule is Cc1cccnc1CNS(=O)(=O)CCCO. The lowest BCUT2D eigenvalue weighted by atomic mass is 10.2. The van der Waals surface area contributed by atoms with Gasteiger partial charge in [0, 0.05) is 12.8 Å². The standard InChI is InChI=1S/C10H16N2O3S/c1-9-4-2-5-11-10(9)8-12-16(14,15)7-3-6-13/h2,4-5,12-13H,3,6-8H2,1H3. The Morgan fingerprint density at radius 2 is 2.25 bits per heavy atom. The molecule has 0 atom stereocenters. The van der Waals surface area contributed by atoms with Gasteiger partial charge in [-0.15, -0.1) is 0 Å². The summed E-state index contributed by atoms with van der Waals surface area (Å²) in [5.41, 5.74) is 1.67. The Hall–Kier alpha value is -0.980. The Kier molecular flexibility index (Phi) is 4.85. The minimum atomic E-state index is -3.31. The first-order valence-electron chi connectivity index (χ1n) is 5.04. The molecule has 1 rings (SSSR count). The molecule has 1 aromatic rings. The predicted octanol–water partition coefficient (Wildman–Crippen LogP) is 0.192. The van der Waals surface area contributed by atoms with Crippen LogP contribution in [0.1, 0.15) is 17.7 Å². The molecule has 0 aromatic carbocycles. The molecular formula is C10H16N2O3S. The molecule has 0 saturated heterocycles. The van der Waals surface area contributed by atoms with E-state index in [9.17, 15) is 8.42 Å². The first-order chi connectivity index (χ1) is 7.55. The van der Waals surface area contributed by atoms with Crippen LogP contribution in [0.4, 0.5) is 0 Å². The van der Waals surface area contributed by atoms with Gasteiger partial charge < -0.3 is 5.11 Å². The van der Waals surface area contributed by atoms with Crippen molar-refractivity contribution >= 4 is 10.0 Å². The Morgan fingerprint density at radius 3 is 2.88 bits per heavy atom. The molecule has 90 valence electrons. The average molecular weight is 244 g/mol. The lowest BCUT2D eigenvalue weighted by molar-refractivity contribution is 0.295. The number of pyridine rings is 1. The van der Waals surface area contributed by atoms with Crippen molar-refractivity contribution < 1.29 is 13.5 Å². The quantitative estimate of drug-likeness (QED) is 0.749. The van der Waals surface area contributed by atoms with Gasteiger partial charge in [-0.1, -0.05) is 6.07 Å². The van der Waals surface area contributed by atoms with E-state index in [1.165, 1.54) is 0 Å². The number of aryl methyl sites for hydroxylation is 1. The normalized spacial score (nSPS) is 11.6. The molecule has 0 radical (unpaired) electrons. The van der Waals surface area contributed by atoms with Crippen LogP contribution in [0.2, 0.25) is 0 Å². The number of hydrogen-bond acceptors (Lipinski definition) is 4. The van der Waals surface area contributed by atoms with Gasteiger partial charge in [-0.05, 0) is 25.0 Å². The second kappa shape index (κ2) is 5.93. The van der Waals surface area contributed by atoms with Gasteiger partial charge in [-0.2, -0.15) is 0 Å². The van der Waals surface area contributed by atoms with Gasteiger partial charge in [0.1, 0.15) is 0 Å². The van der Waals surface area contributed by atoms with Crippen molar-refractivity contribution in [1.82, 2.24) is 9.71 Å². The van der Waals surface area contributed by atoms with Gasteiger partial charge in [0.15, 0.2) is 0 Å². The summed E-state index contributed by atoms with van der Waals surface area (Å²) in [7, 11) is -3.31. The Labute approximate surface area is 95.6 Å². The molecule has 0 spiro atoms. The van der Waals surface area contributed by atoms with E-state index in [0.29, 0.717) is 0 Å². The van der Waals surface area contributed by atoms with E-state index in [1.54, 1.807) is 12.3 Å². The number of rotatable bonds is 6. The zero-order valence-electron chi connectivity index (χ0n) is 9.18. The Morgan fingerprint density at radius 1 is 1.50 bits per heavy atom. The van der Waals surface area contributed by atoms with E-state index in [-0.39, 0.29) is 25.3 Å². The topological polar surface area (TPSA) is 79.3 Å². The molecule has 5 nitrogen and oxygen atoms in total. The lowest BCUT2D eigenvalue weighted by Gasteiger charge is -2.07. The zero-order chi connectivity index (χ0) is 12.0. The van der Waals surface area contributed by atoms with Crippen LogP contribution in [-0.2, 0) is 16.6 Å². The van der Waals surface area contributed by atoms with Crippen LogP contribution < -0.4 is 4.72 Å². The summed E-state index contributed by atoms with van der Waals surface area (Å²) in [6.45, 7) is 1.95. The number of hydrogen-bond donors (Lipinski definition) is 2. The molecule has 0 unspecified atom stereocenters. The highest BCUT2D eigenvalue weighted by Gasteiger charge is 2.10. The van der Waals surface area contributed by atoms with Gasteiger partial charge in [0.25, 0.3) is 0 Å². The molecule has 0 fully saturated rings. The minimum absolute atomic E-state index is 0.0601. The monoisotopic (exact) mass is 244 g/mol. The summed E-state index contributed by atoms with van der Waals surface area (Å²) < 4.78 is 25.3. The van der Waals surface area contributed by atoms with Crippen molar-refractivity contribution in [3.05, 3.63) is 29.6 Å². The third-order valence-corrected chi connectivity index (χ3v) is 3.56. The molecule has 0 aliphatic carbocycles. The molecule has 0 aliphatic rings. The van der Waals surface area contributed by atoms with Gasteiger partial charge in [0.2, 0.25) is 10.0 Å². The fourth-order valence-corrected chi connectivity index (χ4v) is 2.22. The van der Waals surface area contributed by atoms with E-state index in [2.05, 4.69) is 9.71 Å². The van der Waals surface area contributed by atoms with Crippen molar-refractivity contribution in [2.75, 3.05) is 12.4 Å². The van der Waals surface area contributed by atoms with Gasteiger partial charge in [-0.25, -0.2) is 13.1 Å². The van der Waals surface area contributed by atoms with Crippen molar-refractivity contribution in [2.24, 2.45) is 0 Å². The number of nitrogens with one attached hydrogen (secondary N) is 1. The fourth-order valence-electron chi connectivity index (χ4n) is 1.21. The summed E-state index contributed by atoms with van der Waals surface area (Å²) in [6, 6.07) is 3.68. The van der Waals surface area contributed by atoms with Crippen molar-refractivity contribution in [2.45, 2.75) is 19.9 Å². The molecule has 0 amide bonds. The Balaban J connectivity index is 2.55. The molecule has 16 heavy (non-hydrogen) atoms. The van der Waals surface area contributed by atoms with E-state index in [4.69, 9.17) is 5.11 Å². The van der Waals surface area contributed by atoms with Gasteiger partial charge in [0.05, 0.1) is 18.0 Å². The molecule has 0 saturated carbocycles. The first kappa shape index (κ1) is 13.1. The maximum atomic E-state index is 11.4. The summed E-state index contributed by atoms with van der Waals surface area (Å²) in [5.74, 6) is -0.0601. The minimum Gasteiger partial charge on any atom is -0.396 e.